The van der Waals surface area contributed by atoms with Gasteiger partial charge in [-0.2, -0.15) is 0 Å². The fourth-order valence-electron chi connectivity index (χ4n) is 3.49. The standard InChI is InChI=1S/C20H31N.C3H2Cl2N2.BrH/c1-3-4-5-6-7-8-9-12-15-21-17-18(2)16-19-13-10-11-14-20(19)21;4-2-3(5)7-1-6-2;/h10-11,13-14,17H,3-9,12,15-16H2,1-2H3;1H,(H,6,7);1H. The largest absolute Gasteiger partial charge is 0.348 e. The van der Waals surface area contributed by atoms with Crippen molar-refractivity contribution in [2.24, 2.45) is 0 Å². The summed E-state index contributed by atoms with van der Waals surface area (Å²) in [5.41, 5.74) is 4.39. The molecule has 1 aliphatic rings. The fourth-order valence-corrected chi connectivity index (χ4v) is 3.69. The monoisotopic (exact) mass is 501 g/mol. The van der Waals surface area contributed by atoms with Crippen LogP contribution in [-0.2, 0) is 6.42 Å². The number of fused-ring (bicyclic) bond motifs is 1. The number of unbranched alkanes of at least 4 members (excludes halogenated alkanes) is 7. The Kier molecular flexibility index (Phi) is 13.4. The second-order valence-corrected chi connectivity index (χ2v) is 8.19. The van der Waals surface area contributed by atoms with Gasteiger partial charge < -0.3 is 9.88 Å². The minimum Gasteiger partial charge on any atom is -0.348 e. The number of rotatable bonds is 9. The number of allylic oxidation sites excluding steroid dienone is 1. The van der Waals surface area contributed by atoms with Crippen LogP contribution in [0.15, 0.2) is 42.4 Å². The van der Waals surface area contributed by atoms with Crippen molar-refractivity contribution in [3.05, 3.63) is 58.2 Å². The Balaban J connectivity index is 0.000000445. The Bertz CT molecular complexity index is 714. The second kappa shape index (κ2) is 14.9. The third-order valence-electron chi connectivity index (χ3n) is 4.95. The summed E-state index contributed by atoms with van der Waals surface area (Å²) in [5.74, 6) is 0. The Morgan fingerprint density at radius 3 is 2.24 bits per heavy atom. The lowest BCUT2D eigenvalue weighted by molar-refractivity contribution is 0.576. The van der Waals surface area contributed by atoms with Gasteiger partial charge in [0.1, 0.15) is 5.15 Å². The van der Waals surface area contributed by atoms with Crippen LogP contribution in [0, 0.1) is 0 Å². The van der Waals surface area contributed by atoms with Crippen molar-refractivity contribution < 1.29 is 0 Å². The van der Waals surface area contributed by atoms with Gasteiger partial charge in [0.2, 0.25) is 0 Å². The first kappa shape index (κ1) is 26.1. The third kappa shape index (κ3) is 9.59. The molecular formula is C23H34BrCl2N3. The summed E-state index contributed by atoms with van der Waals surface area (Å²) in [6.07, 6.45) is 16.0. The molecule has 1 aliphatic heterocycles. The van der Waals surface area contributed by atoms with Gasteiger partial charge in [-0.25, -0.2) is 4.98 Å². The molecule has 0 saturated carbocycles. The maximum Gasteiger partial charge on any atom is 0.165 e. The molecule has 1 N–H and O–H groups in total. The Morgan fingerprint density at radius 2 is 1.66 bits per heavy atom. The van der Waals surface area contributed by atoms with Crippen molar-refractivity contribution in [3.8, 4) is 0 Å². The molecule has 0 bridgehead atoms. The summed E-state index contributed by atoms with van der Waals surface area (Å²) < 4.78 is 0. The van der Waals surface area contributed by atoms with Crippen molar-refractivity contribution in [2.45, 2.75) is 71.6 Å². The summed E-state index contributed by atoms with van der Waals surface area (Å²) in [6.45, 7) is 5.70. The number of hydrogen-bond donors (Lipinski definition) is 1. The number of H-pyrrole nitrogens is 1. The SMILES string of the molecule is Br.CCCCCCCCCCN1C=C(C)Cc2ccccc21.Clc1nc[nH]c1Cl. The van der Waals surface area contributed by atoms with Gasteiger partial charge in [-0.05, 0) is 31.4 Å². The first-order chi connectivity index (χ1) is 13.6. The van der Waals surface area contributed by atoms with E-state index in [2.05, 4.69) is 59.2 Å². The second-order valence-electron chi connectivity index (χ2n) is 7.46. The van der Waals surface area contributed by atoms with Crippen LogP contribution >= 0.6 is 40.2 Å². The summed E-state index contributed by atoms with van der Waals surface area (Å²) in [4.78, 5) is 8.65. The molecule has 2 heterocycles. The highest BCUT2D eigenvalue weighted by molar-refractivity contribution is 8.93. The number of benzene rings is 1. The average molecular weight is 503 g/mol. The van der Waals surface area contributed by atoms with Gasteiger partial charge in [0.25, 0.3) is 0 Å². The van der Waals surface area contributed by atoms with Crippen molar-refractivity contribution in [1.82, 2.24) is 9.97 Å². The molecule has 0 amide bonds. The minimum atomic E-state index is 0. The fraction of sp³-hybridized carbons (Fsp3) is 0.522. The molecule has 1 aromatic carbocycles. The van der Waals surface area contributed by atoms with Crippen LogP contribution in [0.5, 0.6) is 0 Å². The van der Waals surface area contributed by atoms with Gasteiger partial charge in [-0.15, -0.1) is 17.0 Å². The number of aromatic nitrogens is 2. The zero-order chi connectivity index (χ0) is 20.2. The van der Waals surface area contributed by atoms with E-state index < -0.39 is 0 Å². The van der Waals surface area contributed by atoms with Crippen LogP contribution in [0.1, 0.15) is 70.8 Å². The third-order valence-corrected chi connectivity index (χ3v) is 5.62. The van der Waals surface area contributed by atoms with Crippen molar-refractivity contribution in [1.29, 1.82) is 0 Å². The van der Waals surface area contributed by atoms with Gasteiger partial charge >= 0.3 is 0 Å². The number of imidazole rings is 1. The van der Waals surface area contributed by atoms with Gasteiger partial charge in [-0.3, -0.25) is 0 Å². The number of aromatic amines is 1. The zero-order valence-electron chi connectivity index (χ0n) is 17.6. The van der Waals surface area contributed by atoms with Gasteiger partial charge in [0, 0.05) is 18.4 Å². The summed E-state index contributed by atoms with van der Waals surface area (Å²) in [5, 5.41) is 0.711. The normalized spacial score (nSPS) is 12.4. The summed E-state index contributed by atoms with van der Waals surface area (Å²) >= 11 is 10.7. The van der Waals surface area contributed by atoms with E-state index in [0.717, 1.165) is 6.42 Å². The molecule has 6 heteroatoms. The van der Waals surface area contributed by atoms with E-state index in [-0.39, 0.29) is 17.0 Å². The van der Waals surface area contributed by atoms with E-state index in [4.69, 9.17) is 23.2 Å². The molecule has 0 spiro atoms. The Morgan fingerprint density at radius 1 is 1.00 bits per heavy atom. The first-order valence-corrected chi connectivity index (χ1v) is 11.2. The first-order valence-electron chi connectivity index (χ1n) is 10.5. The van der Waals surface area contributed by atoms with Crippen LogP contribution in [0.25, 0.3) is 0 Å². The van der Waals surface area contributed by atoms with Crippen molar-refractivity contribution in [3.63, 3.8) is 0 Å². The number of anilines is 1. The summed E-state index contributed by atoms with van der Waals surface area (Å²) in [6, 6.07) is 8.86. The smallest absolute Gasteiger partial charge is 0.165 e. The van der Waals surface area contributed by atoms with Crippen LogP contribution in [-0.4, -0.2) is 16.5 Å². The molecule has 0 unspecified atom stereocenters. The van der Waals surface area contributed by atoms with E-state index in [1.165, 1.54) is 81.1 Å². The molecule has 29 heavy (non-hydrogen) atoms. The molecule has 0 aliphatic carbocycles. The molecule has 162 valence electrons. The predicted molar refractivity (Wildman–Crippen MR) is 133 cm³/mol. The number of nitrogens with one attached hydrogen (secondary N) is 1. The maximum absolute atomic E-state index is 5.37. The van der Waals surface area contributed by atoms with E-state index in [9.17, 15) is 0 Å². The van der Waals surface area contributed by atoms with E-state index in [0.29, 0.717) is 10.3 Å². The molecule has 2 aromatic rings. The highest BCUT2D eigenvalue weighted by Gasteiger charge is 2.14. The van der Waals surface area contributed by atoms with Gasteiger partial charge in [0.05, 0.1) is 6.33 Å². The van der Waals surface area contributed by atoms with E-state index in [1.807, 2.05) is 0 Å². The van der Waals surface area contributed by atoms with Crippen LogP contribution in [0.4, 0.5) is 5.69 Å². The van der Waals surface area contributed by atoms with Crippen LogP contribution < -0.4 is 4.90 Å². The van der Waals surface area contributed by atoms with Gasteiger partial charge in [-0.1, -0.05) is 98.8 Å². The van der Waals surface area contributed by atoms with Crippen molar-refractivity contribution >= 4 is 45.9 Å². The summed E-state index contributed by atoms with van der Waals surface area (Å²) in [7, 11) is 0. The highest BCUT2D eigenvalue weighted by Crippen LogP contribution is 2.28. The molecular weight excluding hydrogens is 469 g/mol. The number of nitrogens with zero attached hydrogens (tertiary/aromatic N) is 2. The molecule has 0 fully saturated rings. The zero-order valence-corrected chi connectivity index (χ0v) is 20.8. The number of hydrogen-bond acceptors (Lipinski definition) is 2. The lowest BCUT2D eigenvalue weighted by Crippen LogP contribution is -2.22. The Hall–Kier alpha value is -0.970. The maximum atomic E-state index is 5.37. The Labute approximate surface area is 196 Å². The molecule has 0 atom stereocenters. The van der Waals surface area contributed by atoms with Crippen LogP contribution in [0.3, 0.4) is 0 Å². The molecule has 0 radical (unpaired) electrons. The van der Waals surface area contributed by atoms with E-state index in [1.54, 1.807) is 0 Å². The predicted octanol–water partition coefficient (Wildman–Crippen LogP) is 8.39. The van der Waals surface area contributed by atoms with E-state index >= 15 is 0 Å². The molecule has 1 aromatic heterocycles. The minimum absolute atomic E-state index is 0. The lowest BCUT2D eigenvalue weighted by atomic mass is 10.0. The lowest BCUT2D eigenvalue weighted by Gasteiger charge is -2.28. The van der Waals surface area contributed by atoms with Gasteiger partial charge in [0.15, 0.2) is 5.15 Å². The quantitative estimate of drug-likeness (QED) is 0.349. The average Bonchev–Trinajstić information content (AvgIpc) is 3.07. The molecule has 3 rings (SSSR count). The topological polar surface area (TPSA) is 31.9 Å². The number of halogens is 3. The highest BCUT2D eigenvalue weighted by atomic mass is 79.9. The van der Waals surface area contributed by atoms with Crippen LogP contribution in [0.2, 0.25) is 10.3 Å². The molecule has 0 saturated heterocycles. The molecule has 3 nitrogen and oxygen atoms in total. The van der Waals surface area contributed by atoms with Crippen molar-refractivity contribution in [2.75, 3.05) is 11.4 Å². The number of para-hydroxylation sites is 1.